The van der Waals surface area contributed by atoms with Gasteiger partial charge in [-0.15, -0.1) is 0 Å². The summed E-state index contributed by atoms with van der Waals surface area (Å²) in [6.45, 7) is 2.25. The Balaban J connectivity index is 0.000000247. The van der Waals surface area contributed by atoms with E-state index in [-0.39, 0.29) is 21.2 Å². The summed E-state index contributed by atoms with van der Waals surface area (Å²) in [6, 6.07) is 46.4. The number of rotatable bonds is 10. The van der Waals surface area contributed by atoms with Crippen LogP contribution in [0.1, 0.15) is 32.6 Å². The van der Waals surface area contributed by atoms with E-state index in [0.29, 0.717) is 0 Å². The molecule has 0 nitrogen and oxygen atoms in total. The summed E-state index contributed by atoms with van der Waals surface area (Å²) in [7, 11) is 0. The van der Waals surface area contributed by atoms with Crippen molar-refractivity contribution < 1.29 is 21.2 Å². The first-order valence-corrected chi connectivity index (χ1v) is 17.5. The fraction of sp³-hybridized carbons (Fsp3) is 0.167. The van der Waals surface area contributed by atoms with Gasteiger partial charge in [-0.3, -0.25) is 0 Å². The van der Waals surface area contributed by atoms with Crippen LogP contribution in [0.15, 0.2) is 133 Å². The van der Waals surface area contributed by atoms with E-state index in [4.69, 9.17) is 34.8 Å². The van der Waals surface area contributed by atoms with Crippen molar-refractivity contribution in [3.8, 4) is 0 Å². The first-order chi connectivity index (χ1) is 20.0. The first kappa shape index (κ1) is 31.7. The summed E-state index contributed by atoms with van der Waals surface area (Å²) in [5.41, 5.74) is 3.89. The minimum absolute atomic E-state index is 0.0287. The molecule has 41 heavy (non-hydrogen) atoms. The Morgan fingerprint density at radius 2 is 0.829 bits per heavy atom. The highest BCUT2D eigenvalue weighted by Gasteiger charge is 2.29. The highest BCUT2D eigenvalue weighted by atomic mass is 127. The molecule has 5 rings (SSSR count). The van der Waals surface area contributed by atoms with E-state index in [2.05, 4.69) is 104 Å². The lowest BCUT2D eigenvalue weighted by molar-refractivity contribution is -0.597. The Kier molecular flexibility index (Phi) is 12.7. The molecule has 0 atom stereocenters. The molecule has 0 radical (unpaired) electrons. The average molecular weight is 712 g/mol. The molecular weight excluding hydrogens is 676 g/mol. The van der Waals surface area contributed by atoms with Gasteiger partial charge >= 0.3 is 21.2 Å². The van der Waals surface area contributed by atoms with E-state index >= 15 is 0 Å². The van der Waals surface area contributed by atoms with E-state index in [1.165, 1.54) is 49.2 Å². The minimum atomic E-state index is -1.15. The van der Waals surface area contributed by atoms with Crippen LogP contribution in [0.4, 0.5) is 0 Å². The van der Waals surface area contributed by atoms with E-state index in [1.807, 2.05) is 36.4 Å². The molecule has 5 heteroatoms. The molecule has 0 fully saturated rings. The van der Waals surface area contributed by atoms with Crippen LogP contribution in [0.2, 0.25) is 21.4 Å². The Morgan fingerprint density at radius 1 is 0.463 bits per heavy atom. The van der Waals surface area contributed by atoms with Crippen LogP contribution >= 0.6 is 34.8 Å². The predicted molar refractivity (Wildman–Crippen MR) is 178 cm³/mol. The summed E-state index contributed by atoms with van der Waals surface area (Å²) >= 11 is 18.7. The molecule has 0 N–H and O–H groups in total. The number of hydrogen-bond acceptors (Lipinski definition) is 0. The van der Waals surface area contributed by atoms with Gasteiger partial charge in [-0.1, -0.05) is 140 Å². The van der Waals surface area contributed by atoms with Crippen molar-refractivity contribution in [2.45, 2.75) is 38.9 Å². The van der Waals surface area contributed by atoms with E-state index in [9.17, 15) is 0 Å². The van der Waals surface area contributed by atoms with Crippen LogP contribution in [0.3, 0.4) is 0 Å². The van der Waals surface area contributed by atoms with Gasteiger partial charge in [0.2, 0.25) is 0 Å². The third-order valence-corrected chi connectivity index (χ3v) is 10.9. The number of hydrogen-bond donors (Lipinski definition) is 0. The summed E-state index contributed by atoms with van der Waals surface area (Å²) in [6.07, 6.45) is 4.81. The van der Waals surface area contributed by atoms with Crippen LogP contribution in [0.25, 0.3) is 0 Å². The van der Waals surface area contributed by atoms with Crippen molar-refractivity contribution in [2.75, 3.05) is 0 Å². The molecule has 0 aromatic heterocycles. The average Bonchev–Trinajstić information content (AvgIpc) is 3.00. The van der Waals surface area contributed by atoms with Crippen LogP contribution in [0.5, 0.6) is 0 Å². The Morgan fingerprint density at radius 3 is 1.17 bits per heavy atom. The highest BCUT2D eigenvalue weighted by Crippen LogP contribution is 2.21. The van der Waals surface area contributed by atoms with Crippen molar-refractivity contribution in [3.63, 3.8) is 0 Å². The van der Waals surface area contributed by atoms with Crippen LogP contribution < -0.4 is 37.6 Å². The summed E-state index contributed by atoms with van der Waals surface area (Å²) in [4.78, 5) is 0. The van der Waals surface area contributed by atoms with Crippen LogP contribution in [-0.2, 0) is 0 Å². The molecule has 0 bridgehead atoms. The second-order valence-corrected chi connectivity index (χ2v) is 14.6. The first-order valence-electron chi connectivity index (χ1n) is 14.2. The SMILES string of the molecule is CCCCCC[B-](c1ccc(Cl)cc1)(c1ccc(Cl)cc1)c1ccc(Cl)cc1.c1ccc([I+]c2ccccc2)cc1. The molecule has 0 aliphatic carbocycles. The second-order valence-electron chi connectivity index (χ2n) is 10.2. The second kappa shape index (κ2) is 16.4. The van der Waals surface area contributed by atoms with Gasteiger partial charge < -0.3 is 0 Å². The zero-order valence-corrected chi connectivity index (χ0v) is 27.8. The topological polar surface area (TPSA) is 0 Å². The van der Waals surface area contributed by atoms with E-state index in [0.717, 1.165) is 21.4 Å². The van der Waals surface area contributed by atoms with Gasteiger partial charge in [0.1, 0.15) is 0 Å². The Hall–Kier alpha value is -2.24. The van der Waals surface area contributed by atoms with Gasteiger partial charge in [-0.05, 0) is 60.7 Å². The van der Waals surface area contributed by atoms with Gasteiger partial charge in [-0.2, -0.15) is 22.7 Å². The fourth-order valence-electron chi connectivity index (χ4n) is 5.41. The molecule has 0 spiro atoms. The summed E-state index contributed by atoms with van der Waals surface area (Å²) in [5.74, 6) is 0. The maximum absolute atomic E-state index is 6.21. The molecular formula is C36H35BCl3I. The van der Waals surface area contributed by atoms with Gasteiger partial charge in [0.15, 0.2) is 7.14 Å². The Labute approximate surface area is 271 Å². The Bertz CT molecular complexity index is 1290. The minimum Gasteiger partial charge on any atom is -0.200 e. The van der Waals surface area contributed by atoms with Gasteiger partial charge in [0.25, 0.3) is 0 Å². The van der Waals surface area contributed by atoms with Crippen molar-refractivity contribution in [1.29, 1.82) is 0 Å². The highest BCUT2D eigenvalue weighted by molar-refractivity contribution is 7.11. The monoisotopic (exact) mass is 710 g/mol. The van der Waals surface area contributed by atoms with Gasteiger partial charge in [0.05, 0.1) is 6.15 Å². The zero-order valence-electron chi connectivity index (χ0n) is 23.3. The lowest BCUT2D eigenvalue weighted by atomic mass is 9.14. The summed E-state index contributed by atoms with van der Waals surface area (Å²) in [5, 5.41) is 2.27. The molecule has 0 aliphatic heterocycles. The van der Waals surface area contributed by atoms with Gasteiger partial charge in [0, 0.05) is 15.1 Å². The normalized spacial score (nSPS) is 11.0. The maximum Gasteiger partial charge on any atom is 0.357 e. The zero-order chi connectivity index (χ0) is 28.9. The van der Waals surface area contributed by atoms with Crippen LogP contribution in [-0.4, -0.2) is 6.15 Å². The largest absolute Gasteiger partial charge is 0.357 e. The molecule has 210 valence electrons. The number of unbranched alkanes of at least 4 members (excludes halogenated alkanes) is 3. The molecule has 5 aromatic carbocycles. The number of halogens is 4. The predicted octanol–water partition coefficient (Wildman–Crippen LogP) is 6.51. The van der Waals surface area contributed by atoms with Gasteiger partial charge in [-0.25, -0.2) is 0 Å². The van der Waals surface area contributed by atoms with Crippen molar-refractivity contribution in [1.82, 2.24) is 0 Å². The lowest BCUT2D eigenvalue weighted by Gasteiger charge is -2.43. The maximum atomic E-state index is 6.21. The molecule has 0 saturated heterocycles. The van der Waals surface area contributed by atoms with Crippen molar-refractivity contribution >= 4 is 57.3 Å². The van der Waals surface area contributed by atoms with Crippen LogP contribution in [0, 0.1) is 7.14 Å². The quantitative estimate of drug-likeness (QED) is 0.0881. The molecule has 0 saturated carbocycles. The standard InChI is InChI=1S/C24H25BCl3.C12H10I/c1-2-3-4-5-18-25(19-6-12-22(26)13-7-19,20-8-14-23(27)15-9-20)21-10-16-24(28)17-11-21;1-3-7-11(8-4-1)13-12-9-5-2-6-10-12/h6-17H,2-5,18H2,1H3;1-10H/q-1;+1. The number of benzene rings is 5. The third-order valence-electron chi connectivity index (χ3n) is 7.49. The molecule has 0 unspecified atom stereocenters. The molecule has 0 amide bonds. The molecule has 5 aromatic rings. The fourth-order valence-corrected chi connectivity index (χ4v) is 8.06. The van der Waals surface area contributed by atoms with E-state index < -0.39 is 6.15 Å². The van der Waals surface area contributed by atoms with E-state index in [1.54, 1.807) is 0 Å². The summed E-state index contributed by atoms with van der Waals surface area (Å²) < 4.78 is 2.96. The smallest absolute Gasteiger partial charge is 0.200 e. The van der Waals surface area contributed by atoms with Crippen molar-refractivity contribution in [3.05, 3.63) is 156 Å². The lowest BCUT2D eigenvalue weighted by Crippen LogP contribution is -3.61. The third kappa shape index (κ3) is 9.12. The molecule has 0 heterocycles. The van der Waals surface area contributed by atoms with Crippen molar-refractivity contribution in [2.24, 2.45) is 0 Å². The molecule has 0 aliphatic rings.